The molecule has 0 spiro atoms. The number of hydrogen-bond donors (Lipinski definition) is 2. The van der Waals surface area contributed by atoms with E-state index in [2.05, 4.69) is 15.0 Å². The van der Waals surface area contributed by atoms with Crippen molar-refractivity contribution in [3.05, 3.63) is 52.1 Å². The zero-order chi connectivity index (χ0) is 13.4. The van der Waals surface area contributed by atoms with Crippen molar-refractivity contribution in [1.29, 1.82) is 0 Å². The predicted molar refractivity (Wildman–Crippen MR) is 72.8 cm³/mol. The van der Waals surface area contributed by atoms with E-state index in [1.807, 2.05) is 31.2 Å². The van der Waals surface area contributed by atoms with Gasteiger partial charge in [0.05, 0.1) is 12.9 Å². The number of fused-ring (bicyclic) bond motifs is 1. The minimum atomic E-state index is -0.207. The second-order valence-electron chi connectivity index (χ2n) is 4.45. The molecule has 0 bridgehead atoms. The summed E-state index contributed by atoms with van der Waals surface area (Å²) >= 11 is 0. The summed E-state index contributed by atoms with van der Waals surface area (Å²) < 4.78 is 1.44. The van der Waals surface area contributed by atoms with Gasteiger partial charge in [0.2, 0.25) is 5.95 Å². The van der Waals surface area contributed by atoms with Crippen LogP contribution in [0.2, 0.25) is 0 Å². The van der Waals surface area contributed by atoms with Crippen LogP contribution >= 0.6 is 0 Å². The first-order valence-electron chi connectivity index (χ1n) is 5.90. The highest BCUT2D eigenvalue weighted by molar-refractivity contribution is 5.69. The van der Waals surface area contributed by atoms with Crippen LogP contribution in [0.1, 0.15) is 11.1 Å². The predicted octanol–water partition coefficient (Wildman–Crippen LogP) is 1.06. The average Bonchev–Trinajstić information content (AvgIpc) is 2.83. The number of aryl methyl sites for hydroxylation is 1. The van der Waals surface area contributed by atoms with Gasteiger partial charge in [0, 0.05) is 0 Å². The summed E-state index contributed by atoms with van der Waals surface area (Å²) in [5.74, 6) is 0.172. The molecule has 0 radical (unpaired) electrons. The van der Waals surface area contributed by atoms with Crippen LogP contribution in [0.15, 0.2) is 35.4 Å². The van der Waals surface area contributed by atoms with Crippen molar-refractivity contribution < 1.29 is 0 Å². The Morgan fingerprint density at radius 1 is 1.42 bits per heavy atom. The van der Waals surface area contributed by atoms with Crippen molar-refractivity contribution in [3.63, 3.8) is 0 Å². The van der Waals surface area contributed by atoms with E-state index in [1.165, 1.54) is 10.9 Å². The molecule has 19 heavy (non-hydrogen) atoms. The van der Waals surface area contributed by atoms with Crippen LogP contribution in [-0.4, -0.2) is 19.5 Å². The smallest absolute Gasteiger partial charge is 0.281 e. The van der Waals surface area contributed by atoms with Crippen molar-refractivity contribution in [2.24, 2.45) is 0 Å². The standard InChI is InChI=1S/C13H13N5O/c1-8-3-2-4-9(5-8)6-18-12(19)10-11(16-7-15-10)17-13(18)14/h2-5,7H,6H2,1H3,(H2,14,17)(H,15,16). The highest BCUT2D eigenvalue weighted by Crippen LogP contribution is 2.09. The summed E-state index contributed by atoms with van der Waals surface area (Å²) in [6.45, 7) is 2.40. The van der Waals surface area contributed by atoms with Crippen molar-refractivity contribution >= 4 is 17.1 Å². The maximum Gasteiger partial charge on any atom is 0.281 e. The minimum Gasteiger partial charge on any atom is -0.369 e. The zero-order valence-electron chi connectivity index (χ0n) is 10.4. The molecule has 0 unspecified atom stereocenters. The Balaban J connectivity index is 2.12. The van der Waals surface area contributed by atoms with Gasteiger partial charge in [0.1, 0.15) is 0 Å². The van der Waals surface area contributed by atoms with Crippen LogP contribution in [-0.2, 0) is 6.54 Å². The fourth-order valence-electron chi connectivity index (χ4n) is 2.08. The number of anilines is 1. The molecular formula is C13H13N5O. The van der Waals surface area contributed by atoms with E-state index in [0.717, 1.165) is 11.1 Å². The van der Waals surface area contributed by atoms with Gasteiger partial charge in [-0.3, -0.25) is 9.36 Å². The number of nitrogens with zero attached hydrogens (tertiary/aromatic N) is 3. The lowest BCUT2D eigenvalue weighted by Gasteiger charge is -2.09. The van der Waals surface area contributed by atoms with Crippen LogP contribution in [0.5, 0.6) is 0 Å². The van der Waals surface area contributed by atoms with Gasteiger partial charge in [-0.2, -0.15) is 4.98 Å². The molecule has 0 saturated heterocycles. The third-order valence-corrected chi connectivity index (χ3v) is 3.00. The fraction of sp³-hybridized carbons (Fsp3) is 0.154. The van der Waals surface area contributed by atoms with Gasteiger partial charge < -0.3 is 10.7 Å². The lowest BCUT2D eigenvalue weighted by molar-refractivity contribution is 0.761. The number of hydrogen-bond acceptors (Lipinski definition) is 4. The molecule has 6 nitrogen and oxygen atoms in total. The van der Waals surface area contributed by atoms with E-state index in [-0.39, 0.29) is 11.5 Å². The zero-order valence-corrected chi connectivity index (χ0v) is 10.4. The first-order chi connectivity index (χ1) is 9.15. The molecule has 2 heterocycles. The highest BCUT2D eigenvalue weighted by Gasteiger charge is 2.10. The fourth-order valence-corrected chi connectivity index (χ4v) is 2.08. The normalized spacial score (nSPS) is 11.0. The molecule has 3 rings (SSSR count). The molecule has 2 aromatic heterocycles. The molecule has 0 aliphatic heterocycles. The molecule has 3 aromatic rings. The number of imidazole rings is 1. The van der Waals surface area contributed by atoms with Crippen molar-refractivity contribution in [3.8, 4) is 0 Å². The maximum atomic E-state index is 12.3. The monoisotopic (exact) mass is 255 g/mol. The molecule has 0 aliphatic rings. The number of nitrogens with one attached hydrogen (secondary N) is 1. The van der Waals surface area contributed by atoms with E-state index in [4.69, 9.17) is 5.73 Å². The lowest BCUT2D eigenvalue weighted by Crippen LogP contribution is -2.25. The molecular weight excluding hydrogens is 242 g/mol. The Bertz CT molecular complexity index is 802. The summed E-state index contributed by atoms with van der Waals surface area (Å²) in [6, 6.07) is 7.93. The number of rotatable bonds is 2. The summed E-state index contributed by atoms with van der Waals surface area (Å²) in [6.07, 6.45) is 1.44. The van der Waals surface area contributed by atoms with Crippen LogP contribution in [0.3, 0.4) is 0 Å². The lowest BCUT2D eigenvalue weighted by atomic mass is 10.1. The third kappa shape index (κ3) is 1.97. The Labute approximate surface area is 108 Å². The first kappa shape index (κ1) is 11.5. The number of nitrogens with two attached hydrogens (primary N) is 1. The van der Waals surface area contributed by atoms with Crippen LogP contribution in [0.4, 0.5) is 5.95 Å². The van der Waals surface area contributed by atoms with Crippen LogP contribution in [0.25, 0.3) is 11.2 Å². The summed E-state index contributed by atoms with van der Waals surface area (Å²) in [7, 11) is 0. The van der Waals surface area contributed by atoms with E-state index in [0.29, 0.717) is 17.7 Å². The third-order valence-electron chi connectivity index (χ3n) is 3.00. The Morgan fingerprint density at radius 2 is 2.26 bits per heavy atom. The maximum absolute atomic E-state index is 12.3. The second-order valence-corrected chi connectivity index (χ2v) is 4.45. The van der Waals surface area contributed by atoms with E-state index in [1.54, 1.807) is 0 Å². The van der Waals surface area contributed by atoms with E-state index < -0.39 is 0 Å². The van der Waals surface area contributed by atoms with Gasteiger partial charge in [0.25, 0.3) is 5.56 Å². The number of H-pyrrole nitrogens is 1. The van der Waals surface area contributed by atoms with Crippen LogP contribution < -0.4 is 11.3 Å². The first-order valence-corrected chi connectivity index (χ1v) is 5.90. The highest BCUT2D eigenvalue weighted by atomic mass is 16.1. The topological polar surface area (TPSA) is 89.6 Å². The SMILES string of the molecule is Cc1cccc(Cn2c(N)nc3nc[nH]c3c2=O)c1. The van der Waals surface area contributed by atoms with E-state index >= 15 is 0 Å². The van der Waals surface area contributed by atoms with E-state index in [9.17, 15) is 4.79 Å². The van der Waals surface area contributed by atoms with Gasteiger partial charge in [-0.25, -0.2) is 4.98 Å². The Kier molecular flexibility index (Phi) is 2.56. The van der Waals surface area contributed by atoms with Gasteiger partial charge in [-0.05, 0) is 12.5 Å². The Hall–Kier alpha value is -2.63. The number of benzene rings is 1. The quantitative estimate of drug-likeness (QED) is 0.716. The summed E-state index contributed by atoms with van der Waals surface area (Å²) in [5, 5.41) is 0. The number of nitrogen functional groups attached to an aromatic ring is 1. The average molecular weight is 255 g/mol. The van der Waals surface area contributed by atoms with Gasteiger partial charge in [-0.15, -0.1) is 0 Å². The Morgan fingerprint density at radius 3 is 3.05 bits per heavy atom. The molecule has 0 amide bonds. The largest absolute Gasteiger partial charge is 0.369 e. The van der Waals surface area contributed by atoms with Crippen molar-refractivity contribution in [1.82, 2.24) is 19.5 Å². The summed E-state index contributed by atoms with van der Waals surface area (Å²) in [4.78, 5) is 23.1. The molecule has 0 aliphatic carbocycles. The number of aromatic nitrogens is 4. The van der Waals surface area contributed by atoms with Crippen LogP contribution in [0, 0.1) is 6.92 Å². The molecule has 3 N–H and O–H groups in total. The molecule has 0 fully saturated rings. The molecule has 96 valence electrons. The molecule has 1 aromatic carbocycles. The van der Waals surface area contributed by atoms with Crippen molar-refractivity contribution in [2.75, 3.05) is 5.73 Å². The van der Waals surface area contributed by atoms with Gasteiger partial charge in [-0.1, -0.05) is 29.8 Å². The van der Waals surface area contributed by atoms with Crippen molar-refractivity contribution in [2.45, 2.75) is 13.5 Å². The van der Waals surface area contributed by atoms with Gasteiger partial charge >= 0.3 is 0 Å². The molecule has 0 saturated carbocycles. The molecule has 0 atom stereocenters. The summed E-state index contributed by atoms with van der Waals surface area (Å²) in [5.41, 5.74) is 8.50. The van der Waals surface area contributed by atoms with Gasteiger partial charge in [0.15, 0.2) is 11.2 Å². The second kappa shape index (κ2) is 4.24. The number of aromatic amines is 1. The minimum absolute atomic E-state index is 0.172. The molecule has 6 heteroatoms.